The van der Waals surface area contributed by atoms with E-state index in [2.05, 4.69) is 20.8 Å². The zero-order valence-electron chi connectivity index (χ0n) is 10.8. The van der Waals surface area contributed by atoms with Crippen molar-refractivity contribution in [1.29, 1.82) is 0 Å². The van der Waals surface area contributed by atoms with Gasteiger partial charge in [-0.15, -0.1) is 0 Å². The van der Waals surface area contributed by atoms with E-state index in [1.54, 1.807) is 0 Å². The first kappa shape index (κ1) is 13.3. The lowest BCUT2D eigenvalue weighted by atomic mass is 9.90. The molecular weight excluding hydrogens is 198 g/mol. The summed E-state index contributed by atoms with van der Waals surface area (Å²) < 4.78 is 5.73. The fraction of sp³-hybridized carbons (Fsp3) is 0.714. The maximum atomic E-state index is 6.26. The van der Waals surface area contributed by atoms with Crippen LogP contribution in [0.5, 0.6) is 0 Å². The highest BCUT2D eigenvalue weighted by Crippen LogP contribution is 2.28. The van der Waals surface area contributed by atoms with Gasteiger partial charge in [-0.2, -0.15) is 0 Å². The quantitative estimate of drug-likeness (QED) is 0.757. The first-order valence-electron chi connectivity index (χ1n) is 6.57. The number of unbranched alkanes of at least 4 members (excludes halogenated alkanes) is 1. The molecule has 2 N–H and O–H groups in total. The summed E-state index contributed by atoms with van der Waals surface area (Å²) in [5.74, 6) is 2.55. The molecule has 0 aliphatic heterocycles. The normalized spacial score (nSPS) is 15.0. The Morgan fingerprint density at radius 2 is 2.00 bits per heavy atom. The maximum Gasteiger partial charge on any atom is 0.121 e. The Hall–Kier alpha value is -0.760. The number of nitrogens with two attached hydrogens (primary N) is 1. The molecule has 0 aromatic carbocycles. The smallest absolute Gasteiger partial charge is 0.121 e. The molecule has 16 heavy (non-hydrogen) atoms. The van der Waals surface area contributed by atoms with E-state index in [4.69, 9.17) is 10.2 Å². The second-order valence-electron chi connectivity index (χ2n) is 4.49. The molecule has 0 saturated carbocycles. The number of rotatable bonds is 7. The highest BCUT2D eigenvalue weighted by Gasteiger charge is 2.20. The zero-order chi connectivity index (χ0) is 12.0. The molecule has 0 aliphatic rings. The Labute approximate surface area is 99.2 Å². The molecule has 0 spiro atoms. The van der Waals surface area contributed by atoms with E-state index in [1.807, 2.05) is 12.1 Å². The first-order chi connectivity index (χ1) is 7.72. The molecule has 0 aliphatic carbocycles. The zero-order valence-corrected chi connectivity index (χ0v) is 10.8. The molecule has 0 bridgehead atoms. The van der Waals surface area contributed by atoms with Crippen molar-refractivity contribution in [3.63, 3.8) is 0 Å². The van der Waals surface area contributed by atoms with Gasteiger partial charge >= 0.3 is 0 Å². The Morgan fingerprint density at radius 1 is 1.25 bits per heavy atom. The highest BCUT2D eigenvalue weighted by atomic mass is 16.3. The molecule has 2 heteroatoms. The van der Waals surface area contributed by atoms with Crippen molar-refractivity contribution in [3.05, 3.63) is 23.7 Å². The summed E-state index contributed by atoms with van der Waals surface area (Å²) in [4.78, 5) is 0. The van der Waals surface area contributed by atoms with Crippen LogP contribution >= 0.6 is 0 Å². The van der Waals surface area contributed by atoms with Crippen molar-refractivity contribution in [1.82, 2.24) is 0 Å². The lowest BCUT2D eigenvalue weighted by Gasteiger charge is -2.20. The third-order valence-corrected chi connectivity index (χ3v) is 3.32. The highest BCUT2D eigenvalue weighted by molar-refractivity contribution is 5.11. The van der Waals surface area contributed by atoms with Gasteiger partial charge in [0, 0.05) is 6.42 Å². The van der Waals surface area contributed by atoms with Crippen LogP contribution in [0, 0.1) is 5.92 Å². The predicted molar refractivity (Wildman–Crippen MR) is 68.3 cm³/mol. The van der Waals surface area contributed by atoms with Crippen molar-refractivity contribution in [2.75, 3.05) is 0 Å². The fourth-order valence-corrected chi connectivity index (χ4v) is 2.10. The second-order valence-corrected chi connectivity index (χ2v) is 4.49. The molecule has 1 aromatic rings. The average molecular weight is 223 g/mol. The minimum atomic E-state index is 0.0665. The molecule has 1 rings (SSSR count). The lowest BCUT2D eigenvalue weighted by molar-refractivity contribution is 0.323. The Bertz CT molecular complexity index is 293. The van der Waals surface area contributed by atoms with Gasteiger partial charge in [-0.3, -0.25) is 0 Å². The summed E-state index contributed by atoms with van der Waals surface area (Å²) >= 11 is 0. The minimum absolute atomic E-state index is 0.0665. The summed E-state index contributed by atoms with van der Waals surface area (Å²) in [6.45, 7) is 6.53. The summed E-state index contributed by atoms with van der Waals surface area (Å²) in [7, 11) is 0. The van der Waals surface area contributed by atoms with E-state index < -0.39 is 0 Å². The molecule has 0 saturated heterocycles. The van der Waals surface area contributed by atoms with Crippen molar-refractivity contribution in [2.24, 2.45) is 11.7 Å². The van der Waals surface area contributed by atoms with E-state index in [0.29, 0.717) is 5.92 Å². The van der Waals surface area contributed by atoms with E-state index in [0.717, 1.165) is 24.4 Å². The van der Waals surface area contributed by atoms with Crippen LogP contribution in [0.3, 0.4) is 0 Å². The van der Waals surface area contributed by atoms with E-state index in [1.165, 1.54) is 19.3 Å². The summed E-state index contributed by atoms with van der Waals surface area (Å²) in [6.07, 6.45) is 5.77. The van der Waals surface area contributed by atoms with Gasteiger partial charge in [-0.05, 0) is 24.5 Å². The third kappa shape index (κ3) is 3.38. The summed E-state index contributed by atoms with van der Waals surface area (Å²) in [5, 5.41) is 0. The maximum absolute atomic E-state index is 6.26. The second kappa shape index (κ2) is 6.74. The minimum Gasteiger partial charge on any atom is -0.464 e. The molecular formula is C14H25NO. The predicted octanol–water partition coefficient (Wildman–Crippen LogP) is 4.06. The van der Waals surface area contributed by atoms with Gasteiger partial charge in [0.05, 0.1) is 6.04 Å². The number of hydrogen-bond donors (Lipinski definition) is 1. The van der Waals surface area contributed by atoms with Crippen LogP contribution in [0.15, 0.2) is 16.5 Å². The molecule has 92 valence electrons. The molecule has 1 aromatic heterocycles. The van der Waals surface area contributed by atoms with Gasteiger partial charge in [0.25, 0.3) is 0 Å². The van der Waals surface area contributed by atoms with Crippen LogP contribution < -0.4 is 5.73 Å². The van der Waals surface area contributed by atoms with Crippen LogP contribution in [0.25, 0.3) is 0 Å². The Kier molecular flexibility index (Phi) is 5.61. The molecule has 2 unspecified atom stereocenters. The Morgan fingerprint density at radius 3 is 2.50 bits per heavy atom. The van der Waals surface area contributed by atoms with E-state index >= 15 is 0 Å². The molecule has 0 fully saturated rings. The Balaban J connectivity index is 2.62. The molecule has 2 atom stereocenters. The largest absolute Gasteiger partial charge is 0.464 e. The standard InChI is InChI=1S/C14H25NO/c1-4-7-8-11(5-2)14(15)13-10-9-12(6-3)16-13/h9-11,14H,4-8,15H2,1-3H3. The van der Waals surface area contributed by atoms with E-state index in [-0.39, 0.29) is 6.04 Å². The van der Waals surface area contributed by atoms with Gasteiger partial charge in [0.15, 0.2) is 0 Å². The van der Waals surface area contributed by atoms with Gasteiger partial charge in [0.2, 0.25) is 0 Å². The summed E-state index contributed by atoms with van der Waals surface area (Å²) in [5.41, 5.74) is 6.26. The number of furan rings is 1. The van der Waals surface area contributed by atoms with Gasteiger partial charge in [-0.25, -0.2) is 0 Å². The van der Waals surface area contributed by atoms with Crippen LogP contribution in [-0.2, 0) is 6.42 Å². The molecule has 0 amide bonds. The van der Waals surface area contributed by atoms with Crippen LogP contribution in [0.1, 0.15) is 64.0 Å². The molecule has 2 nitrogen and oxygen atoms in total. The topological polar surface area (TPSA) is 39.2 Å². The van der Waals surface area contributed by atoms with Gasteiger partial charge in [0.1, 0.15) is 11.5 Å². The third-order valence-electron chi connectivity index (χ3n) is 3.32. The van der Waals surface area contributed by atoms with Gasteiger partial charge < -0.3 is 10.2 Å². The van der Waals surface area contributed by atoms with Crippen molar-refractivity contribution in [3.8, 4) is 0 Å². The van der Waals surface area contributed by atoms with E-state index in [9.17, 15) is 0 Å². The van der Waals surface area contributed by atoms with Crippen molar-refractivity contribution < 1.29 is 4.42 Å². The molecule has 1 heterocycles. The van der Waals surface area contributed by atoms with Crippen LogP contribution in [0.4, 0.5) is 0 Å². The van der Waals surface area contributed by atoms with Gasteiger partial charge in [-0.1, -0.05) is 40.0 Å². The molecule has 0 radical (unpaired) electrons. The fourth-order valence-electron chi connectivity index (χ4n) is 2.10. The lowest BCUT2D eigenvalue weighted by Crippen LogP contribution is -2.20. The average Bonchev–Trinajstić information content (AvgIpc) is 2.78. The SMILES string of the molecule is CCCCC(CC)C(N)c1ccc(CC)o1. The first-order valence-corrected chi connectivity index (χ1v) is 6.57. The number of hydrogen-bond acceptors (Lipinski definition) is 2. The van der Waals surface area contributed by atoms with Crippen molar-refractivity contribution in [2.45, 2.75) is 58.9 Å². The number of aryl methyl sites for hydroxylation is 1. The van der Waals surface area contributed by atoms with Crippen LogP contribution in [0.2, 0.25) is 0 Å². The summed E-state index contributed by atoms with van der Waals surface area (Å²) in [6, 6.07) is 4.15. The van der Waals surface area contributed by atoms with Crippen molar-refractivity contribution >= 4 is 0 Å². The van der Waals surface area contributed by atoms with Crippen LogP contribution in [-0.4, -0.2) is 0 Å². The monoisotopic (exact) mass is 223 g/mol.